The minimum atomic E-state index is -1.65. The van der Waals surface area contributed by atoms with Crippen molar-refractivity contribution in [3.8, 4) is 0 Å². The van der Waals surface area contributed by atoms with E-state index in [4.69, 9.17) is 17.2 Å². The Morgan fingerprint density at radius 2 is 1.66 bits per heavy atom. The summed E-state index contributed by atoms with van der Waals surface area (Å²) in [7, 11) is 0. The molecule has 1 unspecified atom stereocenters. The van der Waals surface area contributed by atoms with E-state index in [2.05, 4.69) is 4.98 Å². The van der Waals surface area contributed by atoms with Crippen molar-refractivity contribution in [3.63, 3.8) is 0 Å². The molecule has 0 bridgehead atoms. The van der Waals surface area contributed by atoms with Crippen molar-refractivity contribution in [1.82, 2.24) is 14.8 Å². The van der Waals surface area contributed by atoms with Gasteiger partial charge in [0.15, 0.2) is 0 Å². The molecule has 0 radical (unpaired) electrons. The van der Waals surface area contributed by atoms with Gasteiger partial charge in [-0.1, -0.05) is 54.6 Å². The molecule has 44 heavy (non-hydrogen) atoms. The minimum Gasteiger partial charge on any atom is -0.391 e. The molecule has 3 aromatic rings. The molecule has 11 nitrogen and oxygen atoms in total. The average Bonchev–Trinajstić information content (AvgIpc) is 3.45. The van der Waals surface area contributed by atoms with Crippen LogP contribution in [0.3, 0.4) is 0 Å². The zero-order valence-electron chi connectivity index (χ0n) is 25.5. The van der Waals surface area contributed by atoms with Gasteiger partial charge in [0.25, 0.3) is 5.91 Å². The second kappa shape index (κ2) is 13.2. The smallest absolute Gasteiger partial charge is 0.279 e. The van der Waals surface area contributed by atoms with Gasteiger partial charge >= 0.3 is 0 Å². The summed E-state index contributed by atoms with van der Waals surface area (Å²) in [6.07, 6.45) is -0.762. The number of carbonyl (C=O) groups excluding carboxylic acids is 4. The molecule has 1 aliphatic rings. The first-order chi connectivity index (χ1) is 20.8. The van der Waals surface area contributed by atoms with Crippen LogP contribution in [-0.2, 0) is 20.8 Å². The van der Waals surface area contributed by atoms with Gasteiger partial charge in [0.2, 0.25) is 17.7 Å². The molecule has 4 rings (SSSR count). The van der Waals surface area contributed by atoms with Crippen molar-refractivity contribution in [2.75, 3.05) is 6.54 Å². The Morgan fingerprint density at radius 1 is 1.00 bits per heavy atom. The quantitative estimate of drug-likeness (QED) is 0.256. The monoisotopic (exact) mass is 602 g/mol. The van der Waals surface area contributed by atoms with Gasteiger partial charge in [0.05, 0.1) is 30.1 Å². The highest BCUT2D eigenvalue weighted by atomic mass is 16.3. The van der Waals surface area contributed by atoms with E-state index in [0.717, 1.165) is 15.8 Å². The standard InChI is InChI=1S/C33H42N6O5/c1-32(2,3)38-19-9-18-33(38,31(36)44)28(26(40)17-14-21-10-5-4-6-11-21)39(29(42)23(34)20-27(35)41)30(43)25-16-15-22-12-7-8-13-24(22)37-25/h4-8,10-13,15-16,23,26,28,40H,9,14,17-20,34H2,1-3H3,(H2,35,41)(H2,36,44)/t23-,26+,28?,33+/m0/s1. The van der Waals surface area contributed by atoms with E-state index in [1.807, 2.05) is 68.1 Å². The number of nitrogens with zero attached hydrogens (tertiary/aromatic N) is 3. The number of primary amides is 2. The highest BCUT2D eigenvalue weighted by Crippen LogP contribution is 2.42. The number of imide groups is 1. The first-order valence-corrected chi connectivity index (χ1v) is 14.8. The van der Waals surface area contributed by atoms with Crippen LogP contribution in [0, 0.1) is 0 Å². The molecule has 4 amide bonds. The number of amides is 4. The Hall–Kier alpha value is -4.19. The lowest BCUT2D eigenvalue weighted by Crippen LogP contribution is -2.74. The number of benzene rings is 2. The van der Waals surface area contributed by atoms with Crippen molar-refractivity contribution < 1.29 is 24.3 Å². The van der Waals surface area contributed by atoms with Crippen LogP contribution in [-0.4, -0.2) is 79.3 Å². The SMILES string of the molecule is CC(C)(C)N1CCC[C@]1(C(N)=O)C([C@H](O)CCc1ccccc1)N(C(=O)c1ccc2ccccc2n1)C(=O)[C@@H](N)CC(N)=O. The number of aliphatic hydroxyl groups excluding tert-OH is 1. The van der Waals surface area contributed by atoms with Crippen LogP contribution in [0.25, 0.3) is 10.9 Å². The molecule has 1 fully saturated rings. The number of pyridine rings is 1. The number of nitrogens with two attached hydrogens (primary N) is 3. The maximum atomic E-state index is 14.5. The lowest BCUT2D eigenvalue weighted by molar-refractivity contribution is -0.151. The van der Waals surface area contributed by atoms with Gasteiger partial charge in [0.1, 0.15) is 11.2 Å². The third kappa shape index (κ3) is 6.64. The summed E-state index contributed by atoms with van der Waals surface area (Å²) < 4.78 is 0. The Morgan fingerprint density at radius 3 is 2.30 bits per heavy atom. The molecule has 0 spiro atoms. The number of carbonyl (C=O) groups is 4. The molecule has 2 aromatic carbocycles. The number of fused-ring (bicyclic) bond motifs is 1. The summed E-state index contributed by atoms with van der Waals surface area (Å²) in [4.78, 5) is 61.5. The number of likely N-dealkylation sites (tertiary alicyclic amines) is 1. The Bertz CT molecular complexity index is 1520. The van der Waals surface area contributed by atoms with E-state index in [-0.39, 0.29) is 18.5 Å². The first kappa shape index (κ1) is 32.7. The Balaban J connectivity index is 1.92. The third-order valence-corrected chi connectivity index (χ3v) is 8.37. The van der Waals surface area contributed by atoms with Crippen molar-refractivity contribution in [2.45, 2.75) is 82.1 Å². The van der Waals surface area contributed by atoms with Crippen molar-refractivity contribution in [1.29, 1.82) is 0 Å². The normalized spacial score (nSPS) is 19.3. The van der Waals surface area contributed by atoms with Crippen LogP contribution in [0.15, 0.2) is 66.7 Å². The average molecular weight is 603 g/mol. The molecule has 11 heteroatoms. The first-order valence-electron chi connectivity index (χ1n) is 14.8. The summed E-state index contributed by atoms with van der Waals surface area (Å²) in [5.41, 5.74) is 16.8. The highest BCUT2D eigenvalue weighted by Gasteiger charge is 2.60. The van der Waals surface area contributed by atoms with Crippen LogP contribution in [0.5, 0.6) is 0 Å². The molecule has 7 N–H and O–H groups in total. The molecule has 1 aliphatic heterocycles. The third-order valence-electron chi connectivity index (χ3n) is 8.37. The fourth-order valence-corrected chi connectivity index (χ4v) is 6.46. The number of hydrogen-bond donors (Lipinski definition) is 4. The summed E-state index contributed by atoms with van der Waals surface area (Å²) in [5, 5.41) is 12.8. The van der Waals surface area contributed by atoms with Crippen LogP contribution in [0.1, 0.15) is 62.5 Å². The zero-order chi connectivity index (χ0) is 32.2. The molecule has 0 saturated carbocycles. The maximum absolute atomic E-state index is 14.5. The van der Waals surface area contributed by atoms with Crippen molar-refractivity contribution >= 4 is 34.5 Å². The second-order valence-electron chi connectivity index (χ2n) is 12.4. The molecule has 2 heterocycles. The fraction of sp³-hybridized carbons (Fsp3) is 0.424. The molecule has 0 aliphatic carbocycles. The number of aliphatic hydroxyl groups is 1. The van der Waals surface area contributed by atoms with E-state index < -0.39 is 59.3 Å². The number of rotatable bonds is 11. The lowest BCUT2D eigenvalue weighted by atomic mass is 9.78. The molecule has 234 valence electrons. The predicted octanol–water partition coefficient (Wildman–Crippen LogP) is 1.89. The van der Waals surface area contributed by atoms with Gasteiger partial charge in [0, 0.05) is 10.9 Å². The summed E-state index contributed by atoms with van der Waals surface area (Å²) in [6.45, 7) is 6.15. The van der Waals surface area contributed by atoms with Gasteiger partial charge in [-0.05, 0) is 70.7 Å². The predicted molar refractivity (Wildman–Crippen MR) is 167 cm³/mol. The van der Waals surface area contributed by atoms with E-state index in [1.165, 1.54) is 6.07 Å². The molecular formula is C33H42N6O5. The summed E-state index contributed by atoms with van der Waals surface area (Å²) >= 11 is 0. The zero-order valence-corrected chi connectivity index (χ0v) is 25.5. The highest BCUT2D eigenvalue weighted by molar-refractivity contribution is 6.07. The Kier molecular flexibility index (Phi) is 9.82. The number of aryl methyl sites for hydroxylation is 1. The molecule has 4 atom stereocenters. The maximum Gasteiger partial charge on any atom is 0.279 e. The largest absolute Gasteiger partial charge is 0.391 e. The number of hydrogen-bond acceptors (Lipinski definition) is 8. The van der Waals surface area contributed by atoms with E-state index in [1.54, 1.807) is 18.2 Å². The Labute approximate surface area is 257 Å². The van der Waals surface area contributed by atoms with E-state index in [0.29, 0.717) is 24.9 Å². The van der Waals surface area contributed by atoms with Crippen LogP contribution < -0.4 is 17.2 Å². The van der Waals surface area contributed by atoms with Gasteiger partial charge in [-0.25, -0.2) is 4.98 Å². The van der Waals surface area contributed by atoms with Crippen LogP contribution in [0.4, 0.5) is 0 Å². The van der Waals surface area contributed by atoms with Crippen LogP contribution >= 0.6 is 0 Å². The number of para-hydroxylation sites is 1. The minimum absolute atomic E-state index is 0.0922. The van der Waals surface area contributed by atoms with Crippen LogP contribution in [0.2, 0.25) is 0 Å². The van der Waals surface area contributed by atoms with E-state index in [9.17, 15) is 24.3 Å². The molecular weight excluding hydrogens is 560 g/mol. The van der Waals surface area contributed by atoms with Gasteiger partial charge in [-0.2, -0.15) is 0 Å². The van der Waals surface area contributed by atoms with Gasteiger partial charge < -0.3 is 22.3 Å². The number of aromatic nitrogens is 1. The van der Waals surface area contributed by atoms with Crippen molar-refractivity contribution in [2.24, 2.45) is 17.2 Å². The molecule has 1 saturated heterocycles. The topological polar surface area (TPSA) is 186 Å². The summed E-state index contributed by atoms with van der Waals surface area (Å²) in [5.74, 6) is -3.46. The lowest BCUT2D eigenvalue weighted by Gasteiger charge is -2.52. The van der Waals surface area contributed by atoms with E-state index >= 15 is 0 Å². The van der Waals surface area contributed by atoms with Crippen molar-refractivity contribution in [3.05, 3.63) is 78.0 Å². The summed E-state index contributed by atoms with van der Waals surface area (Å²) in [6, 6.07) is 16.8. The van der Waals surface area contributed by atoms with Gasteiger partial charge in [-0.15, -0.1) is 0 Å². The van der Waals surface area contributed by atoms with Gasteiger partial charge in [-0.3, -0.25) is 29.0 Å². The fourth-order valence-electron chi connectivity index (χ4n) is 6.46. The molecule has 1 aromatic heterocycles. The second-order valence-corrected chi connectivity index (χ2v) is 12.4.